The number of pyridine rings is 1. The summed E-state index contributed by atoms with van der Waals surface area (Å²) in [6.07, 6.45) is 5.42. The third kappa shape index (κ3) is 4.61. The van der Waals surface area contributed by atoms with E-state index in [1.54, 1.807) is 6.92 Å². The van der Waals surface area contributed by atoms with E-state index >= 15 is 0 Å². The van der Waals surface area contributed by atoms with Crippen molar-refractivity contribution in [2.75, 3.05) is 20.1 Å². The van der Waals surface area contributed by atoms with E-state index < -0.39 is 5.97 Å². The summed E-state index contributed by atoms with van der Waals surface area (Å²) in [7, 11) is 2.14. The van der Waals surface area contributed by atoms with Gasteiger partial charge >= 0.3 is 0 Å². The number of quaternary nitrogens is 1. The number of hydrogen-bond donors (Lipinski definition) is 1. The standard InChI is InChI=1S/C15H19N3O2S/c1-11-14(15(19)20)21-13(17-11)6-10-18(2)9-5-12-3-7-16-8-4-12/h3-4,7-8H,5-6,9-10H2,1-2H3,(H,19,20). The number of thiazole rings is 1. The lowest BCUT2D eigenvalue weighted by Gasteiger charge is -2.13. The van der Waals surface area contributed by atoms with Crippen LogP contribution in [0.3, 0.4) is 0 Å². The zero-order chi connectivity index (χ0) is 15.2. The van der Waals surface area contributed by atoms with Crippen LogP contribution in [0.4, 0.5) is 0 Å². The summed E-state index contributed by atoms with van der Waals surface area (Å²) in [6.45, 7) is 3.68. The third-order valence-electron chi connectivity index (χ3n) is 3.38. The Balaban J connectivity index is 1.80. The minimum atomic E-state index is -1.13. The molecule has 1 N–H and O–H groups in total. The Hall–Kier alpha value is -1.79. The molecule has 0 radical (unpaired) electrons. The van der Waals surface area contributed by atoms with Gasteiger partial charge in [-0.3, -0.25) is 4.98 Å². The zero-order valence-corrected chi connectivity index (χ0v) is 13.1. The number of carbonyl (C=O) groups excluding carboxylic acids is 1. The molecule has 0 aromatic carbocycles. The van der Waals surface area contributed by atoms with E-state index in [1.807, 2.05) is 24.5 Å². The number of aromatic carboxylic acids is 1. The quantitative estimate of drug-likeness (QED) is 0.749. The van der Waals surface area contributed by atoms with Crippen molar-refractivity contribution in [3.8, 4) is 0 Å². The van der Waals surface area contributed by atoms with Crippen LogP contribution in [-0.2, 0) is 12.8 Å². The van der Waals surface area contributed by atoms with Crippen LogP contribution < -0.4 is 10.0 Å². The van der Waals surface area contributed by atoms with Gasteiger partial charge in [0.2, 0.25) is 0 Å². The summed E-state index contributed by atoms with van der Waals surface area (Å²) in [6, 6.07) is 4.06. The van der Waals surface area contributed by atoms with Crippen LogP contribution in [0.5, 0.6) is 0 Å². The van der Waals surface area contributed by atoms with Crippen molar-refractivity contribution in [2.45, 2.75) is 19.8 Å². The summed E-state index contributed by atoms with van der Waals surface area (Å²) in [5, 5.41) is 11.8. The summed E-state index contributed by atoms with van der Waals surface area (Å²) in [4.78, 5) is 20.8. The Bertz CT molecular complexity index is 598. The van der Waals surface area contributed by atoms with E-state index in [9.17, 15) is 9.90 Å². The topological polar surface area (TPSA) is 70.4 Å². The molecule has 0 saturated carbocycles. The zero-order valence-electron chi connectivity index (χ0n) is 12.3. The largest absolute Gasteiger partial charge is 0.544 e. The molecule has 2 aromatic heterocycles. The van der Waals surface area contributed by atoms with Crippen molar-refractivity contribution in [3.63, 3.8) is 0 Å². The van der Waals surface area contributed by atoms with E-state index in [2.05, 4.69) is 17.0 Å². The van der Waals surface area contributed by atoms with Crippen LogP contribution in [-0.4, -0.2) is 36.1 Å². The molecule has 0 bridgehead atoms. The highest BCUT2D eigenvalue weighted by atomic mass is 32.1. The SMILES string of the molecule is Cc1nc(CC[NH+](C)CCc2ccncc2)sc1C(=O)[O-]. The third-order valence-corrected chi connectivity index (χ3v) is 4.58. The minimum absolute atomic E-state index is 0.249. The molecular weight excluding hydrogens is 286 g/mol. The van der Waals surface area contributed by atoms with Crippen LogP contribution in [0.2, 0.25) is 0 Å². The fraction of sp³-hybridized carbons (Fsp3) is 0.400. The lowest BCUT2D eigenvalue weighted by atomic mass is 10.2. The van der Waals surface area contributed by atoms with E-state index in [0.717, 1.165) is 30.9 Å². The monoisotopic (exact) mass is 305 g/mol. The van der Waals surface area contributed by atoms with Gasteiger partial charge in [0.05, 0.1) is 41.7 Å². The first-order valence-electron chi connectivity index (χ1n) is 6.94. The fourth-order valence-electron chi connectivity index (χ4n) is 2.10. The van der Waals surface area contributed by atoms with Crippen molar-refractivity contribution < 1.29 is 14.8 Å². The molecule has 5 nitrogen and oxygen atoms in total. The smallest absolute Gasteiger partial charge is 0.0991 e. The first-order chi connectivity index (χ1) is 10.1. The van der Waals surface area contributed by atoms with Gasteiger partial charge in [0.1, 0.15) is 0 Å². The van der Waals surface area contributed by atoms with Crippen LogP contribution in [0.1, 0.15) is 25.9 Å². The van der Waals surface area contributed by atoms with E-state index in [4.69, 9.17) is 0 Å². The molecule has 2 heterocycles. The van der Waals surface area contributed by atoms with Crippen molar-refractivity contribution in [2.24, 2.45) is 0 Å². The van der Waals surface area contributed by atoms with Crippen LogP contribution in [0.25, 0.3) is 0 Å². The molecule has 0 saturated heterocycles. The van der Waals surface area contributed by atoms with Gasteiger partial charge in [-0.05, 0) is 24.6 Å². The molecule has 2 rings (SSSR count). The molecule has 0 fully saturated rings. The van der Waals surface area contributed by atoms with Crippen molar-refractivity contribution in [1.82, 2.24) is 9.97 Å². The van der Waals surface area contributed by atoms with Gasteiger partial charge in [-0.2, -0.15) is 0 Å². The molecule has 0 aliphatic carbocycles. The number of hydrogen-bond acceptors (Lipinski definition) is 5. The predicted octanol–water partition coefficient (Wildman–Crippen LogP) is -0.490. The van der Waals surface area contributed by atoms with Crippen LogP contribution >= 0.6 is 11.3 Å². The van der Waals surface area contributed by atoms with E-state index in [1.165, 1.54) is 21.8 Å². The molecule has 2 aromatic rings. The molecule has 0 aliphatic heterocycles. The lowest BCUT2D eigenvalue weighted by molar-refractivity contribution is -0.879. The van der Waals surface area contributed by atoms with Crippen LogP contribution in [0.15, 0.2) is 24.5 Å². The Kier molecular flexibility index (Phi) is 5.41. The Labute approximate surface area is 128 Å². The number of rotatable bonds is 7. The molecule has 1 atom stereocenters. The van der Waals surface area contributed by atoms with E-state index in [-0.39, 0.29) is 4.88 Å². The highest BCUT2D eigenvalue weighted by Crippen LogP contribution is 2.17. The second kappa shape index (κ2) is 7.28. The van der Waals surface area contributed by atoms with E-state index in [0.29, 0.717) is 5.69 Å². The summed E-state index contributed by atoms with van der Waals surface area (Å²) in [5.41, 5.74) is 1.85. The molecule has 0 spiro atoms. The average molecular weight is 305 g/mol. The number of carboxylic acid groups (broad SMARTS) is 1. The molecule has 21 heavy (non-hydrogen) atoms. The molecule has 112 valence electrons. The average Bonchev–Trinajstić information content (AvgIpc) is 2.85. The van der Waals surface area contributed by atoms with Gasteiger partial charge in [-0.1, -0.05) is 0 Å². The number of aryl methyl sites for hydroxylation is 1. The number of likely N-dealkylation sites (N-methyl/N-ethyl adjacent to an activating group) is 1. The van der Waals surface area contributed by atoms with Crippen molar-refractivity contribution in [3.05, 3.63) is 45.7 Å². The molecule has 6 heteroatoms. The van der Waals surface area contributed by atoms with Gasteiger partial charge < -0.3 is 14.8 Å². The maximum Gasteiger partial charge on any atom is 0.0991 e. The van der Waals surface area contributed by atoms with Gasteiger partial charge in [-0.15, -0.1) is 11.3 Å². The number of carbonyl (C=O) groups is 1. The maximum atomic E-state index is 10.9. The lowest BCUT2D eigenvalue weighted by Crippen LogP contribution is -3.09. The fourth-order valence-corrected chi connectivity index (χ4v) is 3.00. The molecular formula is C15H19N3O2S. The van der Waals surface area contributed by atoms with Crippen molar-refractivity contribution >= 4 is 17.3 Å². The first kappa shape index (κ1) is 15.6. The minimum Gasteiger partial charge on any atom is -0.544 e. The highest BCUT2D eigenvalue weighted by molar-refractivity contribution is 7.13. The first-order valence-corrected chi connectivity index (χ1v) is 7.75. The maximum absolute atomic E-state index is 10.9. The second-order valence-electron chi connectivity index (χ2n) is 5.12. The highest BCUT2D eigenvalue weighted by Gasteiger charge is 2.10. The number of aromatic nitrogens is 2. The summed E-state index contributed by atoms with van der Waals surface area (Å²) >= 11 is 1.23. The molecule has 1 unspecified atom stereocenters. The van der Waals surface area contributed by atoms with Gasteiger partial charge in [-0.25, -0.2) is 4.98 Å². The van der Waals surface area contributed by atoms with Gasteiger partial charge in [0, 0.05) is 25.2 Å². The van der Waals surface area contributed by atoms with Crippen molar-refractivity contribution in [1.29, 1.82) is 0 Å². The van der Waals surface area contributed by atoms with Gasteiger partial charge in [0.15, 0.2) is 0 Å². The second-order valence-corrected chi connectivity index (χ2v) is 6.21. The normalized spacial score (nSPS) is 12.3. The summed E-state index contributed by atoms with van der Waals surface area (Å²) in [5.74, 6) is -1.13. The molecule has 0 amide bonds. The Morgan fingerprint density at radius 3 is 2.57 bits per heavy atom. The number of carboxylic acids is 1. The molecule has 0 aliphatic rings. The number of nitrogens with one attached hydrogen (secondary N) is 1. The predicted molar refractivity (Wildman–Crippen MR) is 79.4 cm³/mol. The van der Waals surface area contributed by atoms with Gasteiger partial charge in [0.25, 0.3) is 0 Å². The summed E-state index contributed by atoms with van der Waals surface area (Å²) < 4.78 is 0. The van der Waals surface area contributed by atoms with Crippen LogP contribution in [0, 0.1) is 6.92 Å². The number of nitrogens with zero attached hydrogens (tertiary/aromatic N) is 2. The Morgan fingerprint density at radius 2 is 1.95 bits per heavy atom. The Morgan fingerprint density at radius 1 is 1.29 bits per heavy atom.